The number of nitrogens with zero attached hydrogens (tertiary/aromatic N) is 2. The summed E-state index contributed by atoms with van der Waals surface area (Å²) in [6, 6.07) is 8.87. The molecule has 1 aromatic carbocycles. The van der Waals surface area contributed by atoms with Gasteiger partial charge in [-0.15, -0.1) is 0 Å². The topological polar surface area (TPSA) is 70.5 Å². The lowest BCUT2D eigenvalue weighted by Gasteiger charge is -2.35. The molecule has 1 aromatic heterocycles. The Bertz CT molecular complexity index is 933. The molecule has 0 saturated carbocycles. The fraction of sp³-hybridized carbons (Fsp3) is 0.348. The van der Waals surface area contributed by atoms with E-state index in [-0.39, 0.29) is 18.4 Å². The van der Waals surface area contributed by atoms with E-state index in [1.807, 2.05) is 31.2 Å². The monoisotopic (exact) mass is 446 g/mol. The molecule has 1 N–H and O–H groups in total. The third-order valence-electron chi connectivity index (χ3n) is 5.53. The molecule has 30 heavy (non-hydrogen) atoms. The zero-order chi connectivity index (χ0) is 21.7. The number of carboxylic acid groups (broad SMARTS) is 1. The Kier molecular flexibility index (Phi) is 7.51. The maximum absolute atomic E-state index is 13.7. The van der Waals surface area contributed by atoms with Gasteiger partial charge in [0, 0.05) is 35.5 Å². The number of amides is 1. The lowest BCUT2D eigenvalue weighted by Crippen LogP contribution is -2.44. The predicted molar refractivity (Wildman–Crippen MR) is 117 cm³/mol. The lowest BCUT2D eigenvalue weighted by atomic mass is 9.73. The standard InChI is InChI=1S/C23H24Cl2N2O3/c1-2-16-6-3-7-19(23(29)30)21(16)22(28)27(13-15-5-4-10-26-12-15)14-17-8-9-18(24)11-20(17)25/h3-6,8-12,16,19,21H,2,7,13-14H2,1H3,(H,29,30). The van der Waals surface area contributed by atoms with Crippen molar-refractivity contribution in [1.29, 1.82) is 0 Å². The second-order valence-corrected chi connectivity index (χ2v) is 8.34. The first kappa shape index (κ1) is 22.3. The molecule has 0 bridgehead atoms. The molecule has 1 aliphatic carbocycles. The van der Waals surface area contributed by atoms with Crippen molar-refractivity contribution in [2.45, 2.75) is 32.9 Å². The van der Waals surface area contributed by atoms with E-state index in [9.17, 15) is 14.7 Å². The summed E-state index contributed by atoms with van der Waals surface area (Å²) >= 11 is 12.4. The predicted octanol–water partition coefficient (Wildman–Crippen LogP) is 5.22. The highest BCUT2D eigenvalue weighted by Gasteiger charge is 2.41. The Labute approximate surface area is 186 Å². The molecule has 0 saturated heterocycles. The summed E-state index contributed by atoms with van der Waals surface area (Å²) in [5.74, 6) is -2.62. The molecule has 0 radical (unpaired) electrons. The number of rotatable bonds is 7. The Morgan fingerprint density at radius 3 is 2.67 bits per heavy atom. The fourth-order valence-electron chi connectivity index (χ4n) is 3.95. The third-order valence-corrected chi connectivity index (χ3v) is 6.11. The van der Waals surface area contributed by atoms with Crippen molar-refractivity contribution < 1.29 is 14.7 Å². The van der Waals surface area contributed by atoms with E-state index in [2.05, 4.69) is 4.98 Å². The first-order valence-corrected chi connectivity index (χ1v) is 10.7. The second kappa shape index (κ2) is 10.1. The van der Waals surface area contributed by atoms with E-state index in [0.717, 1.165) is 11.1 Å². The number of pyridine rings is 1. The highest BCUT2D eigenvalue weighted by molar-refractivity contribution is 6.35. The molecule has 3 rings (SSSR count). The van der Waals surface area contributed by atoms with Gasteiger partial charge in [0.1, 0.15) is 0 Å². The van der Waals surface area contributed by atoms with Gasteiger partial charge in [0.25, 0.3) is 0 Å². The zero-order valence-corrected chi connectivity index (χ0v) is 18.2. The van der Waals surface area contributed by atoms with Gasteiger partial charge in [-0.25, -0.2) is 0 Å². The molecule has 2 aromatic rings. The molecule has 5 nitrogen and oxygen atoms in total. The van der Waals surface area contributed by atoms with Crippen molar-refractivity contribution in [2.75, 3.05) is 0 Å². The molecule has 3 atom stereocenters. The Morgan fingerprint density at radius 1 is 1.23 bits per heavy atom. The van der Waals surface area contributed by atoms with Crippen LogP contribution in [0, 0.1) is 17.8 Å². The maximum Gasteiger partial charge on any atom is 0.307 e. The van der Waals surface area contributed by atoms with Crippen LogP contribution in [0.2, 0.25) is 10.0 Å². The molecular formula is C23H24Cl2N2O3. The van der Waals surface area contributed by atoms with E-state index in [1.54, 1.807) is 35.5 Å². The summed E-state index contributed by atoms with van der Waals surface area (Å²) in [6.45, 7) is 2.54. The van der Waals surface area contributed by atoms with Crippen LogP contribution in [0.3, 0.4) is 0 Å². The van der Waals surface area contributed by atoms with Crippen LogP contribution < -0.4 is 0 Å². The Hall–Kier alpha value is -2.37. The summed E-state index contributed by atoms with van der Waals surface area (Å²) in [5, 5.41) is 10.7. The molecule has 0 spiro atoms. The van der Waals surface area contributed by atoms with Crippen LogP contribution in [-0.2, 0) is 22.7 Å². The summed E-state index contributed by atoms with van der Waals surface area (Å²) < 4.78 is 0. The van der Waals surface area contributed by atoms with Gasteiger partial charge in [-0.05, 0) is 48.1 Å². The summed E-state index contributed by atoms with van der Waals surface area (Å²) in [4.78, 5) is 31.4. The van der Waals surface area contributed by atoms with Crippen molar-refractivity contribution >= 4 is 35.1 Å². The maximum atomic E-state index is 13.7. The average molecular weight is 447 g/mol. The number of aliphatic carboxylic acids is 1. The molecule has 7 heteroatoms. The minimum atomic E-state index is -0.943. The van der Waals surface area contributed by atoms with Crippen LogP contribution in [0.1, 0.15) is 30.9 Å². The van der Waals surface area contributed by atoms with E-state index in [1.165, 1.54) is 0 Å². The highest BCUT2D eigenvalue weighted by Crippen LogP contribution is 2.35. The van der Waals surface area contributed by atoms with Gasteiger partial charge in [-0.3, -0.25) is 14.6 Å². The molecule has 1 amide bonds. The van der Waals surface area contributed by atoms with Gasteiger partial charge in [0.15, 0.2) is 0 Å². The first-order valence-electron chi connectivity index (χ1n) is 9.91. The van der Waals surface area contributed by atoms with Crippen LogP contribution in [0.4, 0.5) is 0 Å². The highest BCUT2D eigenvalue weighted by atomic mass is 35.5. The lowest BCUT2D eigenvalue weighted by molar-refractivity contribution is -0.153. The first-order chi connectivity index (χ1) is 14.4. The van der Waals surface area contributed by atoms with Crippen LogP contribution >= 0.6 is 23.2 Å². The number of halogens is 2. The number of benzene rings is 1. The molecule has 1 aliphatic rings. The van der Waals surface area contributed by atoms with Crippen LogP contribution in [0.15, 0.2) is 54.9 Å². The van der Waals surface area contributed by atoms with Crippen molar-refractivity contribution in [2.24, 2.45) is 17.8 Å². The van der Waals surface area contributed by atoms with Gasteiger partial charge in [0.2, 0.25) is 5.91 Å². The number of hydrogen-bond acceptors (Lipinski definition) is 3. The third kappa shape index (κ3) is 5.21. The molecule has 0 aliphatic heterocycles. The zero-order valence-electron chi connectivity index (χ0n) is 16.7. The van der Waals surface area contributed by atoms with Gasteiger partial charge < -0.3 is 10.0 Å². The Balaban J connectivity index is 1.95. The van der Waals surface area contributed by atoms with E-state index in [4.69, 9.17) is 23.2 Å². The molecule has 0 fully saturated rings. The van der Waals surface area contributed by atoms with Gasteiger partial charge in [-0.1, -0.05) is 54.4 Å². The van der Waals surface area contributed by atoms with Gasteiger partial charge in [0.05, 0.1) is 11.8 Å². The van der Waals surface area contributed by atoms with Crippen molar-refractivity contribution in [1.82, 2.24) is 9.88 Å². The van der Waals surface area contributed by atoms with Crippen molar-refractivity contribution in [3.8, 4) is 0 Å². The van der Waals surface area contributed by atoms with Crippen molar-refractivity contribution in [3.05, 3.63) is 76.0 Å². The number of hydrogen-bond donors (Lipinski definition) is 1. The summed E-state index contributed by atoms with van der Waals surface area (Å²) in [5.41, 5.74) is 1.62. The minimum Gasteiger partial charge on any atom is -0.481 e. The number of carbonyl (C=O) groups is 2. The van der Waals surface area contributed by atoms with Crippen LogP contribution in [0.5, 0.6) is 0 Å². The number of carboxylic acids is 1. The van der Waals surface area contributed by atoms with E-state index < -0.39 is 17.8 Å². The smallest absolute Gasteiger partial charge is 0.307 e. The fourth-order valence-corrected chi connectivity index (χ4v) is 4.42. The summed E-state index contributed by atoms with van der Waals surface area (Å²) in [6.07, 6.45) is 8.27. The molecule has 1 heterocycles. The minimum absolute atomic E-state index is 0.121. The van der Waals surface area contributed by atoms with E-state index >= 15 is 0 Å². The second-order valence-electron chi connectivity index (χ2n) is 7.50. The van der Waals surface area contributed by atoms with Crippen LogP contribution in [-0.4, -0.2) is 26.9 Å². The SMILES string of the molecule is CCC1C=CCC(C(=O)O)C1C(=O)N(Cc1cccnc1)Cc1ccc(Cl)cc1Cl. The number of aromatic nitrogens is 1. The number of carbonyl (C=O) groups excluding carboxylic acids is 1. The molecule has 3 unspecified atom stereocenters. The molecule has 158 valence electrons. The molecular weight excluding hydrogens is 423 g/mol. The van der Waals surface area contributed by atoms with Crippen molar-refractivity contribution in [3.63, 3.8) is 0 Å². The number of allylic oxidation sites excluding steroid dienone is 2. The average Bonchev–Trinajstić information content (AvgIpc) is 2.74. The van der Waals surface area contributed by atoms with E-state index in [0.29, 0.717) is 29.4 Å². The van der Waals surface area contributed by atoms with Gasteiger partial charge in [-0.2, -0.15) is 0 Å². The largest absolute Gasteiger partial charge is 0.481 e. The quantitative estimate of drug-likeness (QED) is 0.591. The normalized spacial score (nSPS) is 20.7. The van der Waals surface area contributed by atoms with Gasteiger partial charge >= 0.3 is 5.97 Å². The Morgan fingerprint density at radius 2 is 2.03 bits per heavy atom. The van der Waals surface area contributed by atoms with Crippen LogP contribution in [0.25, 0.3) is 0 Å². The summed E-state index contributed by atoms with van der Waals surface area (Å²) in [7, 11) is 0.